The van der Waals surface area contributed by atoms with Gasteiger partial charge in [0.25, 0.3) is 5.56 Å². The molecule has 0 saturated carbocycles. The molecule has 2 aromatic rings. The van der Waals surface area contributed by atoms with Crippen molar-refractivity contribution in [1.82, 2.24) is 24.1 Å². The van der Waals surface area contributed by atoms with E-state index in [0.29, 0.717) is 31.7 Å². The lowest BCUT2D eigenvalue weighted by molar-refractivity contribution is -0.141. The summed E-state index contributed by atoms with van der Waals surface area (Å²) in [7, 11) is 0. The Morgan fingerprint density at radius 3 is 2.40 bits per heavy atom. The maximum absolute atomic E-state index is 13.2. The largest absolute Gasteiger partial charge is 0.466 e. The minimum atomic E-state index is -0.924. The van der Waals surface area contributed by atoms with Gasteiger partial charge in [0.15, 0.2) is 0 Å². The number of aryl methyl sites for hydroxylation is 2. The molecule has 2 heterocycles. The van der Waals surface area contributed by atoms with Gasteiger partial charge in [-0.25, -0.2) is 14.4 Å². The van der Waals surface area contributed by atoms with E-state index in [4.69, 9.17) is 14.2 Å². The summed E-state index contributed by atoms with van der Waals surface area (Å²) in [6.07, 6.45) is 4.92. The topological polar surface area (TPSA) is 154 Å². The van der Waals surface area contributed by atoms with Crippen molar-refractivity contribution in [1.29, 1.82) is 0 Å². The lowest BCUT2D eigenvalue weighted by atomic mass is 10.3. The zero-order valence-electron chi connectivity index (χ0n) is 20.2. The van der Waals surface area contributed by atoms with Gasteiger partial charge in [-0.1, -0.05) is 5.21 Å². The van der Waals surface area contributed by atoms with E-state index in [-0.39, 0.29) is 37.0 Å². The van der Waals surface area contributed by atoms with E-state index in [0.717, 1.165) is 15.2 Å². The van der Waals surface area contributed by atoms with Crippen molar-refractivity contribution < 1.29 is 28.6 Å². The summed E-state index contributed by atoms with van der Waals surface area (Å²) in [4.78, 5) is 61.2. The smallest absolute Gasteiger partial charge is 0.355 e. The number of rotatable bonds is 12. The molecule has 190 valence electrons. The van der Waals surface area contributed by atoms with Crippen LogP contribution < -0.4 is 11.2 Å². The number of carbonyl (C=O) groups is 3. The Balaban J connectivity index is 2.32. The first-order chi connectivity index (χ1) is 16.7. The summed E-state index contributed by atoms with van der Waals surface area (Å²) in [6, 6.07) is 0. The van der Waals surface area contributed by atoms with Gasteiger partial charge in [-0.2, -0.15) is 0 Å². The molecule has 0 aliphatic rings. The summed E-state index contributed by atoms with van der Waals surface area (Å²) in [5, 5.41) is 7.99. The van der Waals surface area contributed by atoms with E-state index in [2.05, 4.69) is 10.3 Å². The van der Waals surface area contributed by atoms with Crippen LogP contribution in [-0.4, -0.2) is 61.9 Å². The van der Waals surface area contributed by atoms with Crippen LogP contribution >= 0.6 is 0 Å². The van der Waals surface area contributed by atoms with Gasteiger partial charge in [0.05, 0.1) is 38.6 Å². The molecule has 0 atom stereocenters. The van der Waals surface area contributed by atoms with Crippen molar-refractivity contribution in [3.63, 3.8) is 0 Å². The molecule has 0 fully saturated rings. The van der Waals surface area contributed by atoms with Crippen LogP contribution in [0, 0.1) is 6.92 Å². The zero-order chi connectivity index (χ0) is 26.0. The van der Waals surface area contributed by atoms with Crippen LogP contribution in [0.4, 0.5) is 0 Å². The van der Waals surface area contributed by atoms with Crippen molar-refractivity contribution in [3.05, 3.63) is 50.6 Å². The molecule has 2 rings (SSSR count). The van der Waals surface area contributed by atoms with Crippen LogP contribution in [0.15, 0.2) is 28.1 Å². The van der Waals surface area contributed by atoms with Crippen molar-refractivity contribution >= 4 is 23.6 Å². The average Bonchev–Trinajstić information content (AvgIpc) is 3.25. The van der Waals surface area contributed by atoms with Gasteiger partial charge in [-0.3, -0.25) is 23.4 Å². The molecule has 0 aliphatic heterocycles. The summed E-state index contributed by atoms with van der Waals surface area (Å²) in [6.45, 7) is 6.66. The van der Waals surface area contributed by atoms with E-state index in [1.807, 2.05) is 0 Å². The zero-order valence-corrected chi connectivity index (χ0v) is 20.2. The Kier molecular flexibility index (Phi) is 10.1. The number of hydrogen-bond donors (Lipinski definition) is 0. The van der Waals surface area contributed by atoms with E-state index < -0.39 is 23.2 Å². The summed E-state index contributed by atoms with van der Waals surface area (Å²) in [5.74, 6) is -2.10. The molecule has 0 aliphatic carbocycles. The average molecular weight is 492 g/mol. The third-order valence-corrected chi connectivity index (χ3v) is 4.62. The van der Waals surface area contributed by atoms with Crippen LogP contribution in [0.3, 0.4) is 0 Å². The third kappa shape index (κ3) is 7.76. The highest BCUT2D eigenvalue weighted by Gasteiger charge is 2.21. The monoisotopic (exact) mass is 491 g/mol. The number of nitrogens with zero attached hydrogens (tertiary/aromatic N) is 5. The third-order valence-electron chi connectivity index (χ3n) is 4.62. The molecule has 0 bridgehead atoms. The maximum Gasteiger partial charge on any atom is 0.355 e. The Labute approximate surface area is 200 Å². The number of carbonyl (C=O) groups excluding carboxylic acids is 3. The lowest BCUT2D eigenvalue weighted by Gasteiger charge is -2.13. The van der Waals surface area contributed by atoms with Gasteiger partial charge in [0.2, 0.25) is 0 Å². The van der Waals surface area contributed by atoms with E-state index in [1.165, 1.54) is 20.0 Å². The number of esters is 3. The minimum absolute atomic E-state index is 0.0103. The molecule has 0 amide bonds. The molecule has 2 aromatic heterocycles. The Hall–Kier alpha value is -4.03. The molecule has 0 radical (unpaired) electrons. The fourth-order valence-electron chi connectivity index (χ4n) is 3.05. The standard InChI is InChI=1S/C22H29N5O8/c1-5-33-19(29)11-18(21(31)34-6-2)26-12-15(3)20(30)27(22(26)32)14-17-13-25(24-23-17)9-7-8-10-35-16(4)28/h11-13H,5-10,14H2,1-4H3. The van der Waals surface area contributed by atoms with Crippen LogP contribution in [0.5, 0.6) is 0 Å². The number of unbranched alkanes of at least 4 members (excludes halogenated alkanes) is 1. The first-order valence-corrected chi connectivity index (χ1v) is 11.1. The Morgan fingerprint density at radius 2 is 1.74 bits per heavy atom. The lowest BCUT2D eigenvalue weighted by Crippen LogP contribution is -2.41. The van der Waals surface area contributed by atoms with Crippen molar-refractivity contribution in [2.24, 2.45) is 0 Å². The van der Waals surface area contributed by atoms with Gasteiger partial charge in [-0.15, -0.1) is 5.10 Å². The highest BCUT2D eigenvalue weighted by Crippen LogP contribution is 2.07. The van der Waals surface area contributed by atoms with Gasteiger partial charge in [0, 0.05) is 25.2 Å². The Morgan fingerprint density at radius 1 is 1.03 bits per heavy atom. The second-order valence-corrected chi connectivity index (χ2v) is 7.38. The van der Waals surface area contributed by atoms with Crippen LogP contribution in [0.1, 0.15) is 44.9 Å². The van der Waals surface area contributed by atoms with Crippen molar-refractivity contribution in [2.45, 2.75) is 53.6 Å². The highest BCUT2D eigenvalue weighted by atomic mass is 16.5. The molecule has 13 heteroatoms. The van der Waals surface area contributed by atoms with E-state index in [1.54, 1.807) is 24.7 Å². The number of aromatic nitrogens is 5. The summed E-state index contributed by atoms with van der Waals surface area (Å²) >= 11 is 0. The van der Waals surface area contributed by atoms with Crippen LogP contribution in [-0.2, 0) is 41.7 Å². The van der Waals surface area contributed by atoms with Crippen molar-refractivity contribution in [3.8, 4) is 0 Å². The van der Waals surface area contributed by atoms with Gasteiger partial charge in [-0.05, 0) is 33.6 Å². The first kappa shape index (κ1) is 27.2. The molecule has 0 N–H and O–H groups in total. The molecule has 35 heavy (non-hydrogen) atoms. The molecule has 0 unspecified atom stereocenters. The second-order valence-electron chi connectivity index (χ2n) is 7.38. The molecular formula is C22H29N5O8. The normalized spacial score (nSPS) is 11.3. The van der Waals surface area contributed by atoms with Crippen LogP contribution in [0.25, 0.3) is 5.70 Å². The number of ether oxygens (including phenoxy) is 3. The van der Waals surface area contributed by atoms with Gasteiger partial charge in [0.1, 0.15) is 11.4 Å². The van der Waals surface area contributed by atoms with Crippen molar-refractivity contribution in [2.75, 3.05) is 19.8 Å². The number of hydrogen-bond acceptors (Lipinski definition) is 10. The SMILES string of the molecule is CCOC(=O)C=C(C(=O)OCC)n1cc(C)c(=O)n(Cc2cn(CCCCOC(C)=O)nn2)c1=O. The fraction of sp³-hybridized carbons (Fsp3) is 0.500. The second kappa shape index (κ2) is 13.0. The predicted molar refractivity (Wildman–Crippen MR) is 122 cm³/mol. The first-order valence-electron chi connectivity index (χ1n) is 11.1. The minimum Gasteiger partial charge on any atom is -0.466 e. The molecule has 0 aromatic carbocycles. The maximum atomic E-state index is 13.2. The molecular weight excluding hydrogens is 462 g/mol. The fourth-order valence-corrected chi connectivity index (χ4v) is 3.05. The quantitative estimate of drug-likeness (QED) is 0.175. The van der Waals surface area contributed by atoms with Gasteiger partial charge < -0.3 is 14.2 Å². The molecule has 0 saturated heterocycles. The molecule has 13 nitrogen and oxygen atoms in total. The van der Waals surface area contributed by atoms with Gasteiger partial charge >= 0.3 is 23.6 Å². The summed E-state index contributed by atoms with van der Waals surface area (Å²) < 4.78 is 18.0. The van der Waals surface area contributed by atoms with E-state index in [9.17, 15) is 24.0 Å². The summed E-state index contributed by atoms with van der Waals surface area (Å²) in [5.41, 5.74) is -1.33. The van der Waals surface area contributed by atoms with Crippen LogP contribution in [0.2, 0.25) is 0 Å². The molecule has 0 spiro atoms. The van der Waals surface area contributed by atoms with E-state index >= 15 is 0 Å². The highest BCUT2D eigenvalue weighted by molar-refractivity contribution is 6.14. The predicted octanol–water partition coefficient (Wildman–Crippen LogP) is 0.269. The Bertz CT molecular complexity index is 1210.